The molecule has 5 heteroatoms. The third-order valence-electron chi connectivity index (χ3n) is 3.97. The van der Waals surface area contributed by atoms with Crippen LogP contribution in [0.2, 0.25) is 0 Å². The number of guanidine groups is 1. The van der Waals surface area contributed by atoms with Crippen LogP contribution in [0.5, 0.6) is 0 Å². The van der Waals surface area contributed by atoms with Gasteiger partial charge < -0.3 is 16.4 Å². The smallest absolute Gasteiger partial charge is 0.248 e. The van der Waals surface area contributed by atoms with Crippen LogP contribution in [-0.4, -0.2) is 25.5 Å². The fourth-order valence-corrected chi connectivity index (χ4v) is 2.53. The summed E-state index contributed by atoms with van der Waals surface area (Å²) in [6.07, 6.45) is 9.08. The summed E-state index contributed by atoms with van der Waals surface area (Å²) in [5.41, 5.74) is 6.83. The van der Waals surface area contributed by atoms with Crippen molar-refractivity contribution < 1.29 is 4.79 Å². The Morgan fingerprint density at radius 3 is 2.46 bits per heavy atom. The van der Waals surface area contributed by atoms with E-state index in [9.17, 15) is 4.79 Å². The van der Waals surface area contributed by atoms with Crippen LogP contribution in [0.15, 0.2) is 29.3 Å². The van der Waals surface area contributed by atoms with Gasteiger partial charge in [-0.3, -0.25) is 9.79 Å². The Kier molecular flexibility index (Phi) is 10.3. The van der Waals surface area contributed by atoms with E-state index < -0.39 is 5.91 Å². The number of nitrogens with two attached hydrogens (primary N) is 1. The molecule has 5 nitrogen and oxygen atoms in total. The maximum absolute atomic E-state index is 11.2. The first-order chi connectivity index (χ1) is 11.7. The summed E-state index contributed by atoms with van der Waals surface area (Å²) >= 11 is 0. The van der Waals surface area contributed by atoms with Gasteiger partial charge in [0.1, 0.15) is 0 Å². The van der Waals surface area contributed by atoms with E-state index in [0.29, 0.717) is 12.1 Å². The maximum atomic E-state index is 11.2. The highest BCUT2D eigenvalue weighted by molar-refractivity contribution is 5.92. The molecule has 1 aromatic rings. The Balaban J connectivity index is 2.21. The average molecular weight is 332 g/mol. The molecule has 0 bridgehead atoms. The standard InChI is InChI=1S/C19H32N4O/c1-3-4-5-6-7-8-9-13-22-19(21-2)23-15-16-11-10-12-17(14-16)18(20)24/h10-12,14H,3-9,13,15H2,1-2H3,(H2,20,24)(H2,21,22,23). The van der Waals surface area contributed by atoms with Crippen molar-refractivity contribution in [3.05, 3.63) is 35.4 Å². The molecule has 0 aromatic heterocycles. The third-order valence-corrected chi connectivity index (χ3v) is 3.97. The lowest BCUT2D eigenvalue weighted by molar-refractivity contribution is 0.1000. The summed E-state index contributed by atoms with van der Waals surface area (Å²) in [5, 5.41) is 6.58. The summed E-state index contributed by atoms with van der Waals surface area (Å²) in [5.74, 6) is 0.378. The number of unbranched alkanes of at least 4 members (excludes halogenated alkanes) is 6. The molecule has 0 spiro atoms. The maximum Gasteiger partial charge on any atom is 0.248 e. The fourth-order valence-electron chi connectivity index (χ4n) is 2.53. The van der Waals surface area contributed by atoms with Crippen LogP contribution in [0.1, 0.15) is 67.8 Å². The van der Waals surface area contributed by atoms with Gasteiger partial charge in [-0.2, -0.15) is 0 Å². The van der Waals surface area contributed by atoms with Crippen molar-refractivity contribution in [2.75, 3.05) is 13.6 Å². The molecule has 0 radical (unpaired) electrons. The normalized spacial score (nSPS) is 11.3. The lowest BCUT2D eigenvalue weighted by Gasteiger charge is -2.12. The molecule has 0 aliphatic rings. The largest absolute Gasteiger partial charge is 0.366 e. The molecular weight excluding hydrogens is 300 g/mol. The van der Waals surface area contributed by atoms with Crippen molar-refractivity contribution in [2.45, 2.75) is 58.4 Å². The van der Waals surface area contributed by atoms with E-state index in [1.165, 1.54) is 38.5 Å². The number of carbonyl (C=O) groups excluding carboxylic acids is 1. The Morgan fingerprint density at radius 2 is 1.79 bits per heavy atom. The van der Waals surface area contributed by atoms with Gasteiger partial charge in [-0.1, -0.05) is 57.6 Å². The predicted molar refractivity (Wildman–Crippen MR) is 101 cm³/mol. The zero-order chi connectivity index (χ0) is 17.6. The van der Waals surface area contributed by atoms with Gasteiger partial charge in [0.25, 0.3) is 0 Å². The number of nitrogens with one attached hydrogen (secondary N) is 2. The van der Waals surface area contributed by atoms with E-state index in [4.69, 9.17) is 5.73 Å². The molecule has 0 saturated carbocycles. The topological polar surface area (TPSA) is 79.5 Å². The SMILES string of the molecule is CCCCCCCCCNC(=NC)NCc1cccc(C(N)=O)c1. The van der Waals surface area contributed by atoms with Crippen molar-refractivity contribution in [1.82, 2.24) is 10.6 Å². The van der Waals surface area contributed by atoms with E-state index in [-0.39, 0.29) is 0 Å². The lowest BCUT2D eigenvalue weighted by Crippen LogP contribution is -2.37. The van der Waals surface area contributed by atoms with Crippen molar-refractivity contribution in [3.8, 4) is 0 Å². The number of carbonyl (C=O) groups is 1. The minimum atomic E-state index is -0.404. The third kappa shape index (κ3) is 8.56. The molecule has 1 amide bonds. The number of rotatable bonds is 11. The van der Waals surface area contributed by atoms with Gasteiger partial charge in [0.15, 0.2) is 5.96 Å². The molecule has 1 rings (SSSR count). The summed E-state index contributed by atoms with van der Waals surface area (Å²) in [4.78, 5) is 15.4. The lowest BCUT2D eigenvalue weighted by atomic mass is 10.1. The molecule has 24 heavy (non-hydrogen) atoms. The van der Waals surface area contributed by atoms with Crippen LogP contribution in [0.3, 0.4) is 0 Å². The Morgan fingerprint density at radius 1 is 1.08 bits per heavy atom. The Labute approximate surface area is 146 Å². The fraction of sp³-hybridized carbons (Fsp3) is 0.579. The summed E-state index contributed by atoms with van der Waals surface area (Å²) in [7, 11) is 1.76. The number of nitrogens with zero attached hydrogens (tertiary/aromatic N) is 1. The number of hydrogen-bond acceptors (Lipinski definition) is 2. The molecule has 0 saturated heterocycles. The first-order valence-electron chi connectivity index (χ1n) is 9.00. The highest BCUT2D eigenvalue weighted by Crippen LogP contribution is 2.06. The summed E-state index contributed by atoms with van der Waals surface area (Å²) < 4.78 is 0. The van der Waals surface area contributed by atoms with Gasteiger partial charge in [0, 0.05) is 25.7 Å². The van der Waals surface area contributed by atoms with Gasteiger partial charge in [-0.05, 0) is 24.1 Å². The predicted octanol–water partition coefficient (Wildman–Crippen LogP) is 3.20. The monoisotopic (exact) mass is 332 g/mol. The number of benzene rings is 1. The van der Waals surface area contributed by atoms with Gasteiger partial charge in [0.05, 0.1) is 0 Å². The molecule has 0 unspecified atom stereocenters. The van der Waals surface area contributed by atoms with Crippen LogP contribution in [-0.2, 0) is 6.54 Å². The van der Waals surface area contributed by atoms with Crippen LogP contribution in [0.25, 0.3) is 0 Å². The minimum Gasteiger partial charge on any atom is -0.366 e. The second-order valence-corrected chi connectivity index (χ2v) is 6.04. The zero-order valence-electron chi connectivity index (χ0n) is 15.1. The number of primary amides is 1. The van der Waals surface area contributed by atoms with Gasteiger partial charge in [0.2, 0.25) is 5.91 Å². The molecule has 134 valence electrons. The van der Waals surface area contributed by atoms with E-state index >= 15 is 0 Å². The molecule has 0 aliphatic heterocycles. The second-order valence-electron chi connectivity index (χ2n) is 6.04. The first kappa shape index (κ1) is 20.0. The molecule has 0 atom stereocenters. The molecule has 4 N–H and O–H groups in total. The van der Waals surface area contributed by atoms with Gasteiger partial charge >= 0.3 is 0 Å². The van der Waals surface area contributed by atoms with Crippen molar-refractivity contribution >= 4 is 11.9 Å². The Bertz CT molecular complexity index is 514. The minimum absolute atomic E-state index is 0.404. The summed E-state index contributed by atoms with van der Waals surface area (Å²) in [6.45, 7) is 3.78. The number of amides is 1. The second kappa shape index (κ2) is 12.4. The van der Waals surface area contributed by atoms with Crippen molar-refractivity contribution in [2.24, 2.45) is 10.7 Å². The van der Waals surface area contributed by atoms with Gasteiger partial charge in [-0.25, -0.2) is 0 Å². The highest BCUT2D eigenvalue weighted by Gasteiger charge is 2.02. The molecule has 0 fully saturated rings. The Hall–Kier alpha value is -2.04. The van der Waals surface area contributed by atoms with E-state index in [0.717, 1.165) is 24.5 Å². The molecule has 0 heterocycles. The van der Waals surface area contributed by atoms with Crippen LogP contribution < -0.4 is 16.4 Å². The quantitative estimate of drug-likeness (QED) is 0.331. The van der Waals surface area contributed by atoms with Gasteiger partial charge in [-0.15, -0.1) is 0 Å². The van der Waals surface area contributed by atoms with Crippen molar-refractivity contribution in [1.29, 1.82) is 0 Å². The van der Waals surface area contributed by atoms with E-state index in [2.05, 4.69) is 22.5 Å². The number of hydrogen-bond donors (Lipinski definition) is 3. The van der Waals surface area contributed by atoms with Crippen LogP contribution in [0.4, 0.5) is 0 Å². The average Bonchev–Trinajstić information content (AvgIpc) is 2.60. The molecule has 0 aliphatic carbocycles. The van der Waals surface area contributed by atoms with Crippen LogP contribution >= 0.6 is 0 Å². The first-order valence-corrected chi connectivity index (χ1v) is 9.00. The van der Waals surface area contributed by atoms with E-state index in [1.807, 2.05) is 12.1 Å². The van der Waals surface area contributed by atoms with Crippen molar-refractivity contribution in [3.63, 3.8) is 0 Å². The number of aliphatic imine (C=N–C) groups is 1. The molecule has 1 aromatic carbocycles. The zero-order valence-corrected chi connectivity index (χ0v) is 15.1. The van der Waals surface area contributed by atoms with Crippen LogP contribution in [0, 0.1) is 0 Å². The summed E-state index contributed by atoms with van der Waals surface area (Å²) in [6, 6.07) is 7.33. The highest BCUT2D eigenvalue weighted by atomic mass is 16.1. The molecular formula is C19H32N4O. The van der Waals surface area contributed by atoms with E-state index in [1.54, 1.807) is 19.2 Å².